The smallest absolute Gasteiger partial charge is 0.281 e. The summed E-state index contributed by atoms with van der Waals surface area (Å²) in [7, 11) is 0. The largest absolute Gasteiger partial charge is 0.346 e. The van der Waals surface area contributed by atoms with Gasteiger partial charge >= 0.3 is 0 Å². The van der Waals surface area contributed by atoms with Crippen LogP contribution in [0.3, 0.4) is 0 Å². The minimum absolute atomic E-state index is 0.0961. The van der Waals surface area contributed by atoms with E-state index in [0.29, 0.717) is 27.5 Å². The number of carbonyl (C=O) groups excluding carboxylic acids is 2. The first-order chi connectivity index (χ1) is 17.2. The number of nitrogens with zero attached hydrogens (tertiary/aromatic N) is 2. The van der Waals surface area contributed by atoms with Crippen molar-refractivity contribution in [2.45, 2.75) is 33.4 Å². The van der Waals surface area contributed by atoms with Gasteiger partial charge in [-0.25, -0.2) is 0 Å². The monoisotopic (exact) mass is 537 g/mol. The highest BCUT2D eigenvalue weighted by molar-refractivity contribution is 7.09. The highest BCUT2D eigenvalue weighted by Gasteiger charge is 2.14. The molecule has 0 aliphatic carbocycles. The van der Waals surface area contributed by atoms with Gasteiger partial charge in [0.2, 0.25) is 0 Å². The lowest BCUT2D eigenvalue weighted by Gasteiger charge is -2.14. The number of hydrogen-bond donors (Lipinski definition) is 1. The van der Waals surface area contributed by atoms with Gasteiger partial charge in [-0.15, -0.1) is 11.3 Å². The molecule has 4 aromatic rings. The Bertz CT molecular complexity index is 1480. The molecule has 1 aromatic heterocycles. The van der Waals surface area contributed by atoms with Gasteiger partial charge < -0.3 is 9.88 Å². The average molecular weight is 539 g/mol. The van der Waals surface area contributed by atoms with Gasteiger partial charge in [0.25, 0.3) is 11.8 Å². The van der Waals surface area contributed by atoms with Gasteiger partial charge in [-0.3, -0.25) is 9.59 Å². The first-order valence-corrected chi connectivity index (χ1v) is 13.0. The van der Waals surface area contributed by atoms with E-state index in [1.165, 1.54) is 17.4 Å². The van der Waals surface area contributed by atoms with Crippen LogP contribution in [-0.4, -0.2) is 16.4 Å². The van der Waals surface area contributed by atoms with Crippen molar-refractivity contribution in [3.8, 4) is 0 Å². The van der Waals surface area contributed by atoms with Crippen molar-refractivity contribution in [2.24, 2.45) is 4.99 Å². The van der Waals surface area contributed by atoms with Gasteiger partial charge in [0.15, 0.2) is 4.80 Å². The van der Waals surface area contributed by atoms with Gasteiger partial charge in [0.1, 0.15) is 0 Å². The fourth-order valence-corrected chi connectivity index (χ4v) is 5.19. The highest BCUT2D eigenvalue weighted by atomic mass is 35.5. The molecule has 2 amide bonds. The molecule has 0 unspecified atom stereocenters. The number of aryl methyl sites for hydroxylation is 1. The van der Waals surface area contributed by atoms with Crippen molar-refractivity contribution in [3.63, 3.8) is 0 Å². The van der Waals surface area contributed by atoms with Gasteiger partial charge in [-0.2, -0.15) is 4.99 Å². The lowest BCUT2D eigenvalue weighted by atomic mass is 10.1. The SMILES string of the molecule is Cc1sc(=NC(=O)c2ccc(Cl)cc2Cl)n(Cc2ccc(C(=O)N[C@@H](C)c3ccccc3)cc2)c1C. The number of aromatic nitrogens is 1. The van der Waals surface area contributed by atoms with E-state index >= 15 is 0 Å². The Kier molecular flexibility index (Phi) is 8.09. The molecule has 4 rings (SSSR count). The van der Waals surface area contributed by atoms with E-state index < -0.39 is 5.91 Å². The number of amides is 2. The highest BCUT2D eigenvalue weighted by Crippen LogP contribution is 2.22. The number of nitrogens with one attached hydrogen (secondary N) is 1. The topological polar surface area (TPSA) is 63.5 Å². The maximum Gasteiger partial charge on any atom is 0.281 e. The fraction of sp³-hybridized carbons (Fsp3) is 0.179. The second kappa shape index (κ2) is 11.2. The van der Waals surface area contributed by atoms with Gasteiger partial charge in [-0.1, -0.05) is 65.7 Å². The van der Waals surface area contributed by atoms with Crippen molar-refractivity contribution < 1.29 is 9.59 Å². The van der Waals surface area contributed by atoms with E-state index in [0.717, 1.165) is 21.7 Å². The van der Waals surface area contributed by atoms with Crippen LogP contribution in [0.1, 0.15) is 55.4 Å². The Morgan fingerprint density at radius 2 is 1.69 bits per heavy atom. The first kappa shape index (κ1) is 25.9. The normalized spacial score (nSPS) is 12.4. The zero-order valence-electron chi connectivity index (χ0n) is 20.1. The van der Waals surface area contributed by atoms with Crippen LogP contribution in [0.5, 0.6) is 0 Å². The van der Waals surface area contributed by atoms with Crippen molar-refractivity contribution in [3.05, 3.63) is 120 Å². The quantitative estimate of drug-likeness (QED) is 0.295. The first-order valence-electron chi connectivity index (χ1n) is 11.4. The predicted molar refractivity (Wildman–Crippen MR) is 146 cm³/mol. The van der Waals surface area contributed by atoms with Gasteiger partial charge in [0.05, 0.1) is 23.2 Å². The minimum atomic E-state index is -0.425. The summed E-state index contributed by atoms with van der Waals surface area (Å²) in [5.41, 5.74) is 3.95. The Morgan fingerprint density at radius 3 is 2.36 bits per heavy atom. The molecular formula is C28H25Cl2N3O2S. The van der Waals surface area contributed by atoms with Crippen LogP contribution in [-0.2, 0) is 6.54 Å². The van der Waals surface area contributed by atoms with Crippen LogP contribution in [0.25, 0.3) is 0 Å². The van der Waals surface area contributed by atoms with Crippen molar-refractivity contribution in [1.29, 1.82) is 0 Å². The summed E-state index contributed by atoms with van der Waals surface area (Å²) in [6.07, 6.45) is 0. The van der Waals surface area contributed by atoms with E-state index in [1.807, 2.05) is 79.9 Å². The Morgan fingerprint density at radius 1 is 1.00 bits per heavy atom. The molecule has 0 bridgehead atoms. The Labute approximate surface area is 224 Å². The van der Waals surface area contributed by atoms with Crippen molar-refractivity contribution >= 4 is 46.4 Å². The van der Waals surface area contributed by atoms with Crippen LogP contribution >= 0.6 is 34.5 Å². The lowest BCUT2D eigenvalue weighted by molar-refractivity contribution is 0.0938. The number of rotatable bonds is 6. The third-order valence-corrected chi connectivity index (χ3v) is 7.60. The molecule has 0 saturated heterocycles. The van der Waals surface area contributed by atoms with Gasteiger partial charge in [0, 0.05) is 21.2 Å². The van der Waals surface area contributed by atoms with E-state index in [2.05, 4.69) is 10.3 Å². The number of halogens is 2. The second-order valence-electron chi connectivity index (χ2n) is 8.46. The molecule has 0 saturated carbocycles. The standard InChI is InChI=1S/C28H25Cl2N3O2S/c1-17(21-7-5-4-6-8-21)31-26(34)22-11-9-20(10-12-22)16-33-18(2)19(3)36-28(33)32-27(35)24-14-13-23(29)15-25(24)30/h4-15,17H,16H2,1-3H3,(H,31,34)/t17-/m0/s1. The summed E-state index contributed by atoms with van der Waals surface area (Å²) in [4.78, 5) is 31.6. The summed E-state index contributed by atoms with van der Waals surface area (Å²) in [5, 5.41) is 3.76. The van der Waals surface area contributed by atoms with E-state index in [1.54, 1.807) is 12.1 Å². The second-order valence-corrected chi connectivity index (χ2v) is 10.5. The fourth-order valence-electron chi connectivity index (χ4n) is 3.73. The predicted octanol–water partition coefficient (Wildman–Crippen LogP) is 6.75. The van der Waals surface area contributed by atoms with Crippen LogP contribution in [0.2, 0.25) is 10.0 Å². The van der Waals surface area contributed by atoms with E-state index in [-0.39, 0.29) is 17.0 Å². The third-order valence-electron chi connectivity index (χ3n) is 5.95. The molecule has 1 atom stereocenters. The molecule has 0 radical (unpaired) electrons. The molecule has 0 spiro atoms. The van der Waals surface area contributed by atoms with Gasteiger partial charge in [-0.05, 0) is 62.2 Å². The van der Waals surface area contributed by atoms with Crippen LogP contribution in [0.4, 0.5) is 0 Å². The van der Waals surface area contributed by atoms with E-state index in [4.69, 9.17) is 23.2 Å². The van der Waals surface area contributed by atoms with Crippen LogP contribution in [0, 0.1) is 13.8 Å². The Balaban J connectivity index is 1.53. The maximum atomic E-state index is 12.8. The number of carbonyl (C=O) groups is 2. The zero-order valence-corrected chi connectivity index (χ0v) is 22.4. The molecule has 5 nitrogen and oxygen atoms in total. The molecular weight excluding hydrogens is 513 g/mol. The molecule has 36 heavy (non-hydrogen) atoms. The average Bonchev–Trinajstić information content (AvgIpc) is 3.12. The molecule has 0 aliphatic rings. The molecule has 0 aliphatic heterocycles. The van der Waals surface area contributed by atoms with Crippen LogP contribution in [0.15, 0.2) is 77.8 Å². The summed E-state index contributed by atoms with van der Waals surface area (Å²) in [6.45, 7) is 6.47. The lowest BCUT2D eigenvalue weighted by Crippen LogP contribution is -2.26. The third kappa shape index (κ3) is 5.95. The summed E-state index contributed by atoms with van der Waals surface area (Å²) >= 11 is 13.6. The van der Waals surface area contributed by atoms with Crippen LogP contribution < -0.4 is 10.1 Å². The number of hydrogen-bond acceptors (Lipinski definition) is 3. The minimum Gasteiger partial charge on any atom is -0.346 e. The van der Waals surface area contributed by atoms with Crippen molar-refractivity contribution in [1.82, 2.24) is 9.88 Å². The molecule has 0 fully saturated rings. The van der Waals surface area contributed by atoms with E-state index in [9.17, 15) is 9.59 Å². The maximum absolute atomic E-state index is 12.8. The molecule has 1 heterocycles. The molecule has 184 valence electrons. The number of thiazole rings is 1. The van der Waals surface area contributed by atoms with Crippen molar-refractivity contribution in [2.75, 3.05) is 0 Å². The molecule has 8 heteroatoms. The molecule has 1 N–H and O–H groups in total. The summed E-state index contributed by atoms with van der Waals surface area (Å²) < 4.78 is 1.99. The summed E-state index contributed by atoms with van der Waals surface area (Å²) in [6, 6.07) is 21.9. The molecule has 3 aromatic carbocycles. The summed E-state index contributed by atoms with van der Waals surface area (Å²) in [5.74, 6) is -0.555. The zero-order chi connectivity index (χ0) is 25.8. The Hall–Kier alpha value is -3.19. The number of benzene rings is 3.